The van der Waals surface area contributed by atoms with Crippen LogP contribution in [0.2, 0.25) is 0 Å². The molecule has 0 saturated carbocycles. The lowest BCUT2D eigenvalue weighted by molar-refractivity contribution is 0.376. The highest BCUT2D eigenvalue weighted by Crippen LogP contribution is 2.22. The van der Waals surface area contributed by atoms with Crippen molar-refractivity contribution in [2.45, 2.75) is 20.8 Å². The van der Waals surface area contributed by atoms with E-state index in [9.17, 15) is 8.78 Å². The van der Waals surface area contributed by atoms with Crippen molar-refractivity contribution >= 4 is 5.82 Å². The Hall–Kier alpha value is -1.23. The lowest BCUT2D eigenvalue weighted by Crippen LogP contribution is -2.39. The average molecular weight is 243 g/mol. The van der Waals surface area contributed by atoms with Gasteiger partial charge in [-0.05, 0) is 18.9 Å². The monoisotopic (exact) mass is 243 g/mol. The summed E-state index contributed by atoms with van der Waals surface area (Å²) in [5.41, 5.74) is 5.51. The zero-order valence-corrected chi connectivity index (χ0v) is 10.5. The molecule has 5 heteroatoms. The molecule has 0 amide bonds. The molecule has 0 fully saturated rings. The van der Waals surface area contributed by atoms with Crippen molar-refractivity contribution in [3.8, 4) is 0 Å². The third kappa shape index (κ3) is 3.63. The summed E-state index contributed by atoms with van der Waals surface area (Å²) in [6.07, 6.45) is 1.02. The summed E-state index contributed by atoms with van der Waals surface area (Å²) >= 11 is 0. The van der Waals surface area contributed by atoms with E-state index in [1.807, 2.05) is 20.8 Å². The quantitative estimate of drug-likeness (QED) is 0.861. The molecule has 2 N–H and O–H groups in total. The summed E-state index contributed by atoms with van der Waals surface area (Å²) in [6, 6.07) is 0.848. The van der Waals surface area contributed by atoms with Gasteiger partial charge in [-0.1, -0.05) is 13.8 Å². The molecule has 0 spiro atoms. The summed E-state index contributed by atoms with van der Waals surface area (Å²) < 4.78 is 26.4. The van der Waals surface area contributed by atoms with Crippen LogP contribution in [0.1, 0.15) is 20.8 Å². The molecule has 1 heterocycles. The van der Waals surface area contributed by atoms with Crippen LogP contribution in [-0.4, -0.2) is 24.6 Å². The van der Waals surface area contributed by atoms with Gasteiger partial charge >= 0.3 is 0 Å². The van der Waals surface area contributed by atoms with E-state index in [-0.39, 0.29) is 11.2 Å². The summed E-state index contributed by atoms with van der Waals surface area (Å²) in [6.45, 7) is 7.56. The van der Waals surface area contributed by atoms with Gasteiger partial charge in [0.2, 0.25) is 0 Å². The number of aromatic nitrogens is 1. The fraction of sp³-hybridized carbons (Fsp3) is 0.583. The molecule has 0 atom stereocenters. The molecule has 0 aliphatic rings. The Bertz CT molecular complexity index is 380. The second kappa shape index (κ2) is 5.40. The van der Waals surface area contributed by atoms with Crippen molar-refractivity contribution in [1.29, 1.82) is 0 Å². The fourth-order valence-electron chi connectivity index (χ4n) is 1.56. The van der Waals surface area contributed by atoms with Crippen molar-refractivity contribution in [3.63, 3.8) is 0 Å². The van der Waals surface area contributed by atoms with Gasteiger partial charge in [-0.25, -0.2) is 13.8 Å². The van der Waals surface area contributed by atoms with E-state index in [1.54, 1.807) is 4.90 Å². The predicted octanol–water partition coefficient (Wildman–Crippen LogP) is 2.17. The van der Waals surface area contributed by atoms with E-state index in [0.29, 0.717) is 19.6 Å². The molecule has 0 radical (unpaired) electrons. The number of hydrogen-bond donors (Lipinski definition) is 1. The highest BCUT2D eigenvalue weighted by atomic mass is 19.1. The van der Waals surface area contributed by atoms with Crippen LogP contribution < -0.4 is 10.6 Å². The number of halogens is 2. The summed E-state index contributed by atoms with van der Waals surface area (Å²) in [5.74, 6) is -1.13. The average Bonchev–Trinajstić information content (AvgIpc) is 2.26. The number of nitrogens with two attached hydrogens (primary N) is 1. The van der Waals surface area contributed by atoms with Gasteiger partial charge in [0, 0.05) is 19.2 Å². The standard InChI is InChI=1S/C12H19F2N3/c1-4-17(8-12(2,3)7-15)11-10(14)5-9(13)6-16-11/h5-6H,4,7-8,15H2,1-3H3. The van der Waals surface area contributed by atoms with Crippen LogP contribution >= 0.6 is 0 Å². The topological polar surface area (TPSA) is 42.1 Å². The summed E-state index contributed by atoms with van der Waals surface area (Å²) in [4.78, 5) is 5.57. The molecular weight excluding hydrogens is 224 g/mol. The Kier molecular flexibility index (Phi) is 4.40. The third-order valence-electron chi connectivity index (χ3n) is 2.64. The molecule has 96 valence electrons. The molecule has 1 rings (SSSR count). The minimum atomic E-state index is -0.666. The van der Waals surface area contributed by atoms with Gasteiger partial charge in [0.1, 0.15) is 5.82 Å². The first-order chi connectivity index (χ1) is 7.89. The summed E-state index contributed by atoms with van der Waals surface area (Å²) in [5, 5.41) is 0. The zero-order valence-electron chi connectivity index (χ0n) is 10.5. The lowest BCUT2D eigenvalue weighted by Gasteiger charge is -2.31. The SMILES string of the molecule is CCN(CC(C)(C)CN)c1ncc(F)cc1F. The van der Waals surface area contributed by atoms with Gasteiger partial charge in [0.25, 0.3) is 0 Å². The van der Waals surface area contributed by atoms with Gasteiger partial charge in [-0.2, -0.15) is 0 Å². The van der Waals surface area contributed by atoms with Crippen molar-refractivity contribution in [3.05, 3.63) is 23.9 Å². The molecule has 0 bridgehead atoms. The van der Waals surface area contributed by atoms with E-state index in [0.717, 1.165) is 12.3 Å². The molecule has 3 nitrogen and oxygen atoms in total. The van der Waals surface area contributed by atoms with Crippen molar-refractivity contribution in [1.82, 2.24) is 4.98 Å². The smallest absolute Gasteiger partial charge is 0.168 e. The van der Waals surface area contributed by atoms with E-state index < -0.39 is 11.6 Å². The van der Waals surface area contributed by atoms with E-state index in [1.165, 1.54) is 0 Å². The van der Waals surface area contributed by atoms with Crippen LogP contribution in [0.3, 0.4) is 0 Å². The molecular formula is C12H19F2N3. The Labute approximate surface area is 101 Å². The number of anilines is 1. The molecule has 17 heavy (non-hydrogen) atoms. The predicted molar refractivity (Wildman–Crippen MR) is 64.9 cm³/mol. The lowest BCUT2D eigenvalue weighted by atomic mass is 9.93. The fourth-order valence-corrected chi connectivity index (χ4v) is 1.56. The second-order valence-corrected chi connectivity index (χ2v) is 4.84. The van der Waals surface area contributed by atoms with Crippen molar-refractivity contribution in [2.24, 2.45) is 11.1 Å². The van der Waals surface area contributed by atoms with Crippen LogP contribution in [0, 0.1) is 17.0 Å². The Balaban J connectivity index is 2.94. The first-order valence-corrected chi connectivity index (χ1v) is 5.65. The molecule has 0 aliphatic carbocycles. The number of pyridine rings is 1. The minimum absolute atomic E-state index is 0.140. The number of nitrogens with zero attached hydrogens (tertiary/aromatic N) is 2. The van der Waals surface area contributed by atoms with Gasteiger partial charge < -0.3 is 10.6 Å². The van der Waals surface area contributed by atoms with Gasteiger partial charge in [0.05, 0.1) is 6.20 Å². The Morgan fingerprint density at radius 1 is 1.41 bits per heavy atom. The second-order valence-electron chi connectivity index (χ2n) is 4.84. The number of rotatable bonds is 5. The maximum Gasteiger partial charge on any atom is 0.168 e. The van der Waals surface area contributed by atoms with Gasteiger partial charge in [-0.3, -0.25) is 0 Å². The molecule has 0 aliphatic heterocycles. The van der Waals surface area contributed by atoms with Gasteiger partial charge in [0.15, 0.2) is 11.6 Å². The minimum Gasteiger partial charge on any atom is -0.354 e. The zero-order chi connectivity index (χ0) is 13.1. The molecule has 0 aromatic carbocycles. The summed E-state index contributed by atoms with van der Waals surface area (Å²) in [7, 11) is 0. The van der Waals surface area contributed by atoms with E-state index >= 15 is 0 Å². The highest BCUT2D eigenvalue weighted by Gasteiger charge is 2.22. The highest BCUT2D eigenvalue weighted by molar-refractivity contribution is 5.40. The molecule has 1 aromatic rings. The van der Waals surface area contributed by atoms with Crippen LogP contribution in [0.4, 0.5) is 14.6 Å². The Morgan fingerprint density at radius 3 is 2.53 bits per heavy atom. The number of hydrogen-bond acceptors (Lipinski definition) is 3. The maximum atomic E-state index is 13.6. The van der Waals surface area contributed by atoms with Crippen molar-refractivity contribution in [2.75, 3.05) is 24.5 Å². The molecule has 0 unspecified atom stereocenters. The van der Waals surface area contributed by atoms with Crippen LogP contribution in [0.5, 0.6) is 0 Å². The third-order valence-corrected chi connectivity index (χ3v) is 2.64. The van der Waals surface area contributed by atoms with E-state index in [4.69, 9.17) is 5.73 Å². The van der Waals surface area contributed by atoms with Gasteiger partial charge in [-0.15, -0.1) is 0 Å². The van der Waals surface area contributed by atoms with Crippen LogP contribution in [-0.2, 0) is 0 Å². The normalized spacial score (nSPS) is 11.6. The molecule has 1 aromatic heterocycles. The van der Waals surface area contributed by atoms with Crippen LogP contribution in [0.15, 0.2) is 12.3 Å². The van der Waals surface area contributed by atoms with Crippen molar-refractivity contribution < 1.29 is 8.78 Å². The largest absolute Gasteiger partial charge is 0.354 e. The molecule has 0 saturated heterocycles. The Morgan fingerprint density at radius 2 is 2.06 bits per heavy atom. The first kappa shape index (κ1) is 13.8. The maximum absolute atomic E-state index is 13.6. The first-order valence-electron chi connectivity index (χ1n) is 5.65. The van der Waals surface area contributed by atoms with Crippen LogP contribution in [0.25, 0.3) is 0 Å². The van der Waals surface area contributed by atoms with E-state index in [2.05, 4.69) is 4.98 Å².